The zero-order valence-corrected chi connectivity index (χ0v) is 17.0. The average Bonchev–Trinajstić information content (AvgIpc) is 3.08. The molecule has 7 nitrogen and oxygen atoms in total. The Hall–Kier alpha value is -2.38. The van der Waals surface area contributed by atoms with Crippen molar-refractivity contribution >= 4 is 24.2 Å². The summed E-state index contributed by atoms with van der Waals surface area (Å²) in [4.78, 5) is 26.5. The Labute approximate surface area is 166 Å². The maximum atomic E-state index is 12.4. The zero-order valence-electron chi connectivity index (χ0n) is 16.2. The SMILES string of the molecule is CCN(CC)C(=O)c1ccc(CNC(=O)C(NC)c2cnn(C)c2)cc1.Cl. The molecule has 0 fully saturated rings. The van der Waals surface area contributed by atoms with E-state index in [1.807, 2.05) is 39.2 Å². The van der Waals surface area contributed by atoms with Crippen LogP contribution < -0.4 is 10.6 Å². The summed E-state index contributed by atoms with van der Waals surface area (Å²) < 4.78 is 1.67. The second-order valence-electron chi connectivity index (χ2n) is 6.06. The van der Waals surface area contributed by atoms with Gasteiger partial charge in [-0.05, 0) is 38.6 Å². The number of likely N-dealkylation sites (N-methyl/N-ethyl adjacent to an activating group) is 1. The minimum absolute atomic E-state index is 0. The van der Waals surface area contributed by atoms with Crippen LogP contribution in [-0.2, 0) is 18.4 Å². The number of carbonyl (C=O) groups excluding carboxylic acids is 2. The summed E-state index contributed by atoms with van der Waals surface area (Å²) in [6.07, 6.45) is 3.49. The third-order valence-corrected chi connectivity index (χ3v) is 4.33. The van der Waals surface area contributed by atoms with Crippen LogP contribution in [0.1, 0.15) is 41.4 Å². The Morgan fingerprint density at radius 3 is 2.30 bits per heavy atom. The Bertz CT molecular complexity index is 741. The molecule has 0 radical (unpaired) electrons. The van der Waals surface area contributed by atoms with Crippen LogP contribution in [0.25, 0.3) is 0 Å². The smallest absolute Gasteiger partial charge is 0.253 e. The standard InChI is InChI=1S/C19H27N5O2.ClH/c1-5-24(6-2)19(26)15-9-7-14(8-10-15)11-21-18(25)17(20-3)16-12-22-23(4)13-16;/h7-10,12-13,17,20H,5-6,11H2,1-4H3,(H,21,25);1H. The van der Waals surface area contributed by atoms with Gasteiger partial charge >= 0.3 is 0 Å². The summed E-state index contributed by atoms with van der Waals surface area (Å²) in [5.41, 5.74) is 2.41. The molecule has 27 heavy (non-hydrogen) atoms. The first-order valence-corrected chi connectivity index (χ1v) is 8.81. The molecule has 1 atom stereocenters. The van der Waals surface area contributed by atoms with Crippen LogP contribution in [-0.4, -0.2) is 46.6 Å². The number of aryl methyl sites for hydroxylation is 1. The predicted octanol–water partition coefficient (Wildman–Crippen LogP) is 1.90. The highest BCUT2D eigenvalue weighted by molar-refractivity contribution is 5.94. The van der Waals surface area contributed by atoms with Gasteiger partial charge in [0.2, 0.25) is 5.91 Å². The van der Waals surface area contributed by atoms with Gasteiger partial charge in [-0.25, -0.2) is 0 Å². The van der Waals surface area contributed by atoms with Gasteiger partial charge in [0, 0.05) is 44.0 Å². The van der Waals surface area contributed by atoms with Crippen LogP contribution in [0.2, 0.25) is 0 Å². The lowest BCUT2D eigenvalue weighted by Gasteiger charge is -2.18. The fourth-order valence-electron chi connectivity index (χ4n) is 2.79. The summed E-state index contributed by atoms with van der Waals surface area (Å²) in [7, 11) is 3.56. The zero-order chi connectivity index (χ0) is 19.1. The topological polar surface area (TPSA) is 79.3 Å². The maximum absolute atomic E-state index is 12.4. The number of carbonyl (C=O) groups is 2. The number of benzene rings is 1. The number of amides is 2. The Balaban J connectivity index is 0.00000364. The van der Waals surface area contributed by atoms with E-state index in [0.717, 1.165) is 11.1 Å². The molecule has 1 unspecified atom stereocenters. The lowest BCUT2D eigenvalue weighted by Crippen LogP contribution is -2.35. The van der Waals surface area contributed by atoms with Crippen molar-refractivity contribution in [3.05, 3.63) is 53.3 Å². The molecule has 1 aromatic heterocycles. The van der Waals surface area contributed by atoms with Gasteiger partial charge in [-0.3, -0.25) is 14.3 Å². The first-order chi connectivity index (χ1) is 12.5. The Kier molecular flexibility index (Phi) is 8.97. The molecule has 2 rings (SSSR count). The van der Waals surface area contributed by atoms with E-state index in [2.05, 4.69) is 15.7 Å². The van der Waals surface area contributed by atoms with E-state index in [1.165, 1.54) is 0 Å². The number of nitrogens with one attached hydrogen (secondary N) is 2. The molecule has 1 heterocycles. The molecular weight excluding hydrogens is 366 g/mol. The summed E-state index contributed by atoms with van der Waals surface area (Å²) in [6, 6.07) is 6.90. The second-order valence-corrected chi connectivity index (χ2v) is 6.06. The third-order valence-electron chi connectivity index (χ3n) is 4.33. The molecule has 2 aromatic rings. The number of hydrogen-bond donors (Lipinski definition) is 2. The molecule has 0 spiro atoms. The van der Waals surface area contributed by atoms with Crippen molar-refractivity contribution in [2.24, 2.45) is 7.05 Å². The normalized spacial score (nSPS) is 11.4. The van der Waals surface area contributed by atoms with E-state index < -0.39 is 6.04 Å². The molecule has 1 aromatic carbocycles. The molecule has 2 N–H and O–H groups in total. The van der Waals surface area contributed by atoms with Crippen molar-refractivity contribution in [2.45, 2.75) is 26.4 Å². The molecule has 0 aliphatic heterocycles. The van der Waals surface area contributed by atoms with Gasteiger partial charge in [0.25, 0.3) is 5.91 Å². The van der Waals surface area contributed by atoms with Gasteiger partial charge in [0.05, 0.1) is 6.20 Å². The molecule has 0 saturated heterocycles. The van der Waals surface area contributed by atoms with E-state index in [-0.39, 0.29) is 24.2 Å². The van der Waals surface area contributed by atoms with E-state index in [0.29, 0.717) is 25.2 Å². The lowest BCUT2D eigenvalue weighted by atomic mass is 10.1. The minimum atomic E-state index is -0.452. The lowest BCUT2D eigenvalue weighted by molar-refractivity contribution is -0.123. The molecular formula is C19H28ClN5O2. The van der Waals surface area contributed by atoms with Crippen LogP contribution in [0, 0.1) is 0 Å². The Morgan fingerprint density at radius 1 is 1.19 bits per heavy atom. The molecule has 0 aliphatic carbocycles. The van der Waals surface area contributed by atoms with Gasteiger partial charge in [-0.2, -0.15) is 5.10 Å². The van der Waals surface area contributed by atoms with Crippen LogP contribution in [0.3, 0.4) is 0 Å². The monoisotopic (exact) mass is 393 g/mol. The number of nitrogens with zero attached hydrogens (tertiary/aromatic N) is 3. The van der Waals surface area contributed by atoms with Crippen molar-refractivity contribution < 1.29 is 9.59 Å². The van der Waals surface area contributed by atoms with Gasteiger partial charge < -0.3 is 15.5 Å². The van der Waals surface area contributed by atoms with Gasteiger partial charge in [0.15, 0.2) is 0 Å². The predicted molar refractivity (Wildman–Crippen MR) is 108 cm³/mol. The van der Waals surface area contributed by atoms with Crippen LogP contribution in [0.4, 0.5) is 0 Å². The van der Waals surface area contributed by atoms with Crippen LogP contribution in [0.15, 0.2) is 36.7 Å². The molecule has 148 valence electrons. The number of aromatic nitrogens is 2. The van der Waals surface area contributed by atoms with Gasteiger partial charge in [0.1, 0.15) is 6.04 Å². The average molecular weight is 394 g/mol. The van der Waals surface area contributed by atoms with Crippen molar-refractivity contribution in [1.82, 2.24) is 25.3 Å². The molecule has 0 aliphatic rings. The first kappa shape index (κ1) is 22.7. The summed E-state index contributed by atoms with van der Waals surface area (Å²) in [5, 5.41) is 10.0. The van der Waals surface area contributed by atoms with E-state index in [9.17, 15) is 9.59 Å². The third kappa shape index (κ3) is 5.80. The number of halogens is 1. The molecule has 8 heteroatoms. The Morgan fingerprint density at radius 2 is 1.81 bits per heavy atom. The van der Waals surface area contributed by atoms with Crippen LogP contribution in [0.5, 0.6) is 0 Å². The summed E-state index contributed by atoms with van der Waals surface area (Å²) >= 11 is 0. The van der Waals surface area contributed by atoms with Crippen molar-refractivity contribution in [2.75, 3.05) is 20.1 Å². The second kappa shape index (κ2) is 10.7. The van der Waals surface area contributed by atoms with Crippen molar-refractivity contribution in [1.29, 1.82) is 0 Å². The highest BCUT2D eigenvalue weighted by Gasteiger charge is 2.19. The minimum Gasteiger partial charge on any atom is -0.350 e. The molecule has 2 amide bonds. The maximum Gasteiger partial charge on any atom is 0.253 e. The highest BCUT2D eigenvalue weighted by atomic mass is 35.5. The fourth-order valence-corrected chi connectivity index (χ4v) is 2.79. The van der Waals surface area contributed by atoms with Crippen molar-refractivity contribution in [3.8, 4) is 0 Å². The molecule has 0 bridgehead atoms. The quantitative estimate of drug-likeness (QED) is 0.718. The number of rotatable bonds is 8. The first-order valence-electron chi connectivity index (χ1n) is 8.81. The van der Waals surface area contributed by atoms with Crippen molar-refractivity contribution in [3.63, 3.8) is 0 Å². The fraction of sp³-hybridized carbons (Fsp3) is 0.421. The molecule has 0 saturated carbocycles. The highest BCUT2D eigenvalue weighted by Crippen LogP contribution is 2.12. The van der Waals surface area contributed by atoms with E-state index >= 15 is 0 Å². The number of hydrogen-bond acceptors (Lipinski definition) is 4. The summed E-state index contributed by atoms with van der Waals surface area (Å²) in [5.74, 6) is -0.0961. The van der Waals surface area contributed by atoms with E-state index in [1.54, 1.807) is 35.0 Å². The van der Waals surface area contributed by atoms with E-state index in [4.69, 9.17) is 0 Å². The summed E-state index contributed by atoms with van der Waals surface area (Å²) in [6.45, 7) is 5.70. The van der Waals surface area contributed by atoms with Gasteiger partial charge in [-0.1, -0.05) is 12.1 Å². The van der Waals surface area contributed by atoms with Gasteiger partial charge in [-0.15, -0.1) is 12.4 Å². The van der Waals surface area contributed by atoms with Crippen LogP contribution >= 0.6 is 12.4 Å². The largest absolute Gasteiger partial charge is 0.350 e.